The normalized spacial score (nSPS) is 12.2. The summed E-state index contributed by atoms with van der Waals surface area (Å²) in [5.74, 6) is 3.12. The maximum Gasteiger partial charge on any atom is 0.133 e. The van der Waals surface area contributed by atoms with Gasteiger partial charge in [-0.1, -0.05) is 37.0 Å². The van der Waals surface area contributed by atoms with Gasteiger partial charge in [0.2, 0.25) is 0 Å². The number of aliphatic hydroxyl groups excluding tert-OH is 1. The minimum atomic E-state index is -0.744. The lowest BCUT2D eigenvalue weighted by Gasteiger charge is -2.05. The third kappa shape index (κ3) is 8.51. The van der Waals surface area contributed by atoms with Crippen molar-refractivity contribution in [1.29, 1.82) is 0 Å². The first-order chi connectivity index (χ1) is 10.8. The Morgan fingerprint density at radius 1 is 1.18 bits per heavy atom. The van der Waals surface area contributed by atoms with Gasteiger partial charge in [0, 0.05) is 6.61 Å². The smallest absolute Gasteiger partial charge is 0.133 e. The minimum absolute atomic E-state index is 0.650. The van der Waals surface area contributed by atoms with Gasteiger partial charge in [-0.05, 0) is 43.0 Å². The van der Waals surface area contributed by atoms with Gasteiger partial charge in [-0.25, -0.2) is 0 Å². The molecule has 0 aromatic heterocycles. The average Bonchev–Trinajstić information content (AvgIpc) is 2.56. The van der Waals surface area contributed by atoms with E-state index in [9.17, 15) is 0 Å². The van der Waals surface area contributed by atoms with Crippen molar-refractivity contribution < 1.29 is 14.6 Å². The lowest BCUT2D eigenvalue weighted by molar-refractivity contribution is 0.116. The van der Waals surface area contributed by atoms with Crippen LogP contribution >= 0.6 is 0 Å². The van der Waals surface area contributed by atoms with E-state index in [0.717, 1.165) is 43.6 Å². The Labute approximate surface area is 134 Å². The molecule has 1 aromatic rings. The van der Waals surface area contributed by atoms with Crippen LogP contribution in [0.15, 0.2) is 36.4 Å². The summed E-state index contributed by atoms with van der Waals surface area (Å²) in [4.78, 5) is 0. The Balaban J connectivity index is 1.95. The molecule has 0 aliphatic heterocycles. The minimum Gasteiger partial charge on any atom is -0.497 e. The van der Waals surface area contributed by atoms with Gasteiger partial charge >= 0.3 is 0 Å². The van der Waals surface area contributed by atoms with Gasteiger partial charge in [-0.2, -0.15) is 0 Å². The van der Waals surface area contributed by atoms with Crippen molar-refractivity contribution in [1.82, 2.24) is 0 Å². The molecule has 120 valence electrons. The molecule has 3 nitrogen and oxygen atoms in total. The van der Waals surface area contributed by atoms with E-state index in [4.69, 9.17) is 21.0 Å². The average molecular weight is 302 g/mol. The van der Waals surface area contributed by atoms with Crippen molar-refractivity contribution in [2.45, 2.75) is 44.8 Å². The first-order valence-corrected chi connectivity index (χ1v) is 7.78. The Hall–Kier alpha value is -1.76. The molecule has 0 aliphatic rings. The number of unbranched alkanes of at least 4 members (excludes halogenated alkanes) is 4. The van der Waals surface area contributed by atoms with E-state index in [-0.39, 0.29) is 0 Å². The van der Waals surface area contributed by atoms with Crippen molar-refractivity contribution in [2.75, 3.05) is 13.7 Å². The summed E-state index contributed by atoms with van der Waals surface area (Å²) in [5, 5.41) is 9.13. The standard InChI is InChI=1S/C19H26O3/c1-3-18(20)10-8-6-4-5-7-9-15-22-16-17-11-13-19(21-2)14-12-17/h1,8,10-14,18,20H,4-7,9,15-16H2,2H3/b10-8+/t18-/m0/s1. The fourth-order valence-corrected chi connectivity index (χ4v) is 2.01. The molecule has 0 aliphatic carbocycles. The number of benzene rings is 1. The molecule has 0 radical (unpaired) electrons. The number of rotatable bonds is 11. The van der Waals surface area contributed by atoms with Gasteiger partial charge in [0.25, 0.3) is 0 Å². The van der Waals surface area contributed by atoms with Gasteiger partial charge < -0.3 is 14.6 Å². The molecule has 0 bridgehead atoms. The number of ether oxygens (including phenoxy) is 2. The summed E-state index contributed by atoms with van der Waals surface area (Å²) in [6.07, 6.45) is 13.4. The van der Waals surface area contributed by atoms with E-state index in [0.29, 0.717) is 6.61 Å². The van der Waals surface area contributed by atoms with Gasteiger partial charge in [0.1, 0.15) is 11.9 Å². The second-order valence-electron chi connectivity index (χ2n) is 5.14. The molecule has 0 unspecified atom stereocenters. The van der Waals surface area contributed by atoms with Crippen LogP contribution in [0.5, 0.6) is 5.75 Å². The van der Waals surface area contributed by atoms with Crippen LogP contribution < -0.4 is 4.74 Å². The highest BCUT2D eigenvalue weighted by molar-refractivity contribution is 5.26. The molecule has 0 saturated carbocycles. The highest BCUT2D eigenvalue weighted by Gasteiger charge is 1.95. The van der Waals surface area contributed by atoms with Gasteiger partial charge in [0.05, 0.1) is 13.7 Å². The zero-order valence-corrected chi connectivity index (χ0v) is 13.3. The fourth-order valence-electron chi connectivity index (χ4n) is 2.01. The molecular weight excluding hydrogens is 276 g/mol. The molecule has 1 N–H and O–H groups in total. The number of methoxy groups -OCH3 is 1. The van der Waals surface area contributed by atoms with Gasteiger partial charge in [-0.3, -0.25) is 0 Å². The fraction of sp³-hybridized carbons (Fsp3) is 0.474. The topological polar surface area (TPSA) is 38.7 Å². The van der Waals surface area contributed by atoms with E-state index in [1.54, 1.807) is 13.2 Å². The molecule has 0 fully saturated rings. The van der Waals surface area contributed by atoms with Gasteiger partial charge in [0.15, 0.2) is 0 Å². The highest BCUT2D eigenvalue weighted by Crippen LogP contribution is 2.12. The molecule has 0 heterocycles. The number of aliphatic hydroxyl groups is 1. The molecule has 0 saturated heterocycles. The summed E-state index contributed by atoms with van der Waals surface area (Å²) in [6.45, 7) is 1.44. The number of hydrogen-bond acceptors (Lipinski definition) is 3. The second kappa shape index (κ2) is 11.9. The maximum absolute atomic E-state index is 9.13. The summed E-state index contributed by atoms with van der Waals surface area (Å²) in [5.41, 5.74) is 1.16. The van der Waals surface area contributed by atoms with E-state index < -0.39 is 6.10 Å². The quantitative estimate of drug-likeness (QED) is 0.385. The summed E-state index contributed by atoms with van der Waals surface area (Å²) < 4.78 is 10.8. The number of hydrogen-bond donors (Lipinski definition) is 1. The van der Waals surface area contributed by atoms with E-state index in [1.165, 1.54) is 6.42 Å². The molecular formula is C19H26O3. The van der Waals surface area contributed by atoms with Crippen molar-refractivity contribution in [2.24, 2.45) is 0 Å². The zero-order valence-electron chi connectivity index (χ0n) is 13.3. The highest BCUT2D eigenvalue weighted by atomic mass is 16.5. The van der Waals surface area contributed by atoms with E-state index >= 15 is 0 Å². The first-order valence-electron chi connectivity index (χ1n) is 7.78. The third-order valence-electron chi connectivity index (χ3n) is 3.33. The summed E-state index contributed by atoms with van der Waals surface area (Å²) >= 11 is 0. The van der Waals surface area contributed by atoms with Crippen LogP contribution in [0.2, 0.25) is 0 Å². The van der Waals surface area contributed by atoms with Crippen LogP contribution in [0.4, 0.5) is 0 Å². The molecule has 1 rings (SSSR count). The Kier molecular flexibility index (Phi) is 9.85. The predicted octanol–water partition coefficient (Wildman–Crippen LogP) is 3.71. The second-order valence-corrected chi connectivity index (χ2v) is 5.14. The van der Waals surface area contributed by atoms with Crippen LogP contribution in [-0.4, -0.2) is 24.9 Å². The Morgan fingerprint density at radius 3 is 2.59 bits per heavy atom. The van der Waals surface area contributed by atoms with Crippen molar-refractivity contribution in [3.05, 3.63) is 42.0 Å². The predicted molar refractivity (Wildman–Crippen MR) is 89.7 cm³/mol. The molecule has 3 heteroatoms. The first kappa shape index (κ1) is 18.3. The molecule has 0 spiro atoms. The zero-order chi connectivity index (χ0) is 16.0. The molecule has 1 atom stereocenters. The molecule has 1 aromatic carbocycles. The SMILES string of the molecule is C#C[C@H](O)/C=C/CCCCCCOCc1ccc(OC)cc1. The van der Waals surface area contributed by atoms with Gasteiger partial charge in [-0.15, -0.1) is 6.42 Å². The summed E-state index contributed by atoms with van der Waals surface area (Å²) in [7, 11) is 1.67. The molecule has 22 heavy (non-hydrogen) atoms. The Bertz CT molecular complexity index is 457. The van der Waals surface area contributed by atoms with Crippen molar-refractivity contribution >= 4 is 0 Å². The number of terminal acetylenes is 1. The maximum atomic E-state index is 9.13. The van der Waals surface area contributed by atoms with Crippen LogP contribution in [0.25, 0.3) is 0 Å². The number of allylic oxidation sites excluding steroid dienone is 1. The molecule has 0 amide bonds. The third-order valence-corrected chi connectivity index (χ3v) is 3.33. The lowest BCUT2D eigenvalue weighted by Crippen LogP contribution is -1.96. The van der Waals surface area contributed by atoms with Crippen LogP contribution in [0, 0.1) is 12.3 Å². The van der Waals surface area contributed by atoms with Crippen LogP contribution in [0.3, 0.4) is 0 Å². The monoisotopic (exact) mass is 302 g/mol. The van der Waals surface area contributed by atoms with E-state index in [1.807, 2.05) is 30.3 Å². The lowest BCUT2D eigenvalue weighted by atomic mass is 10.1. The van der Waals surface area contributed by atoms with E-state index in [2.05, 4.69) is 5.92 Å². The van der Waals surface area contributed by atoms with Crippen molar-refractivity contribution in [3.63, 3.8) is 0 Å². The van der Waals surface area contributed by atoms with Crippen LogP contribution in [-0.2, 0) is 11.3 Å². The largest absolute Gasteiger partial charge is 0.497 e. The summed E-state index contributed by atoms with van der Waals surface area (Å²) in [6, 6.07) is 7.94. The van der Waals surface area contributed by atoms with Crippen molar-refractivity contribution in [3.8, 4) is 18.1 Å². The van der Waals surface area contributed by atoms with Crippen LogP contribution in [0.1, 0.15) is 37.7 Å². The Morgan fingerprint density at radius 2 is 1.91 bits per heavy atom.